The summed E-state index contributed by atoms with van der Waals surface area (Å²) < 4.78 is 5.65. The fraction of sp³-hybridized carbons (Fsp3) is 0.227. The molecule has 3 rings (SSSR count). The zero-order valence-corrected chi connectivity index (χ0v) is 16.8. The molecule has 0 aliphatic carbocycles. The molecule has 3 aromatic rings. The Bertz CT molecular complexity index is 945. The highest BCUT2D eigenvalue weighted by Gasteiger charge is 2.14. The first kappa shape index (κ1) is 20.1. The molecule has 0 radical (unpaired) electrons. The fourth-order valence-corrected chi connectivity index (χ4v) is 2.66. The number of para-hydroxylation sites is 1. The molecule has 1 heterocycles. The van der Waals surface area contributed by atoms with Crippen molar-refractivity contribution in [1.29, 1.82) is 0 Å². The Morgan fingerprint density at radius 1 is 1.03 bits per heavy atom. The number of hydrogen-bond acceptors (Lipinski definition) is 6. The summed E-state index contributed by atoms with van der Waals surface area (Å²) in [5, 5.41) is 9.22. The summed E-state index contributed by atoms with van der Waals surface area (Å²) in [5.41, 5.74) is 2.42. The van der Waals surface area contributed by atoms with Gasteiger partial charge in [0.25, 0.3) is 5.91 Å². The van der Waals surface area contributed by atoms with Crippen LogP contribution in [0.2, 0.25) is 0 Å². The summed E-state index contributed by atoms with van der Waals surface area (Å²) in [6, 6.07) is 18.6. The van der Waals surface area contributed by atoms with Gasteiger partial charge in [0, 0.05) is 29.7 Å². The number of nitrogens with one attached hydrogen (secondary N) is 3. The Morgan fingerprint density at radius 3 is 2.41 bits per heavy atom. The van der Waals surface area contributed by atoms with Crippen molar-refractivity contribution in [3.8, 4) is 5.75 Å². The minimum absolute atomic E-state index is 0.212. The minimum atomic E-state index is -0.608. The predicted octanol–water partition coefficient (Wildman–Crippen LogP) is 4.37. The molecule has 29 heavy (non-hydrogen) atoms. The number of aromatic nitrogens is 2. The van der Waals surface area contributed by atoms with Crippen molar-refractivity contribution in [1.82, 2.24) is 9.97 Å². The Kier molecular flexibility index (Phi) is 6.63. The van der Waals surface area contributed by atoms with Crippen LogP contribution in [0.15, 0.2) is 60.7 Å². The highest BCUT2D eigenvalue weighted by molar-refractivity contribution is 5.94. The number of amides is 1. The van der Waals surface area contributed by atoms with Crippen LogP contribution >= 0.6 is 0 Å². The SMILES string of the molecule is CCNc1nc(C)cc(Nc2ccc(NC(=O)C(C)Oc3ccccc3)cc2)n1. The molecule has 0 saturated carbocycles. The van der Waals surface area contributed by atoms with Crippen molar-refractivity contribution < 1.29 is 9.53 Å². The van der Waals surface area contributed by atoms with E-state index in [0.717, 1.165) is 17.9 Å². The van der Waals surface area contributed by atoms with E-state index in [1.54, 1.807) is 6.92 Å². The van der Waals surface area contributed by atoms with E-state index >= 15 is 0 Å². The average Bonchev–Trinajstić information content (AvgIpc) is 2.70. The second-order valence-electron chi connectivity index (χ2n) is 6.51. The molecule has 2 aromatic carbocycles. The number of benzene rings is 2. The van der Waals surface area contributed by atoms with Crippen LogP contribution in [-0.2, 0) is 4.79 Å². The van der Waals surface area contributed by atoms with Crippen molar-refractivity contribution in [2.24, 2.45) is 0 Å². The van der Waals surface area contributed by atoms with Crippen LogP contribution in [0.25, 0.3) is 0 Å². The summed E-state index contributed by atoms with van der Waals surface area (Å²) in [5.74, 6) is 1.74. The summed E-state index contributed by atoms with van der Waals surface area (Å²) >= 11 is 0. The van der Waals surface area contributed by atoms with Crippen molar-refractivity contribution in [2.45, 2.75) is 26.9 Å². The Labute approximate surface area is 170 Å². The smallest absolute Gasteiger partial charge is 0.265 e. The summed E-state index contributed by atoms with van der Waals surface area (Å²) in [4.78, 5) is 21.1. The molecule has 0 aliphatic rings. The maximum absolute atomic E-state index is 12.4. The van der Waals surface area contributed by atoms with Crippen LogP contribution < -0.4 is 20.7 Å². The number of rotatable bonds is 8. The van der Waals surface area contributed by atoms with E-state index in [0.29, 0.717) is 23.2 Å². The van der Waals surface area contributed by atoms with Crippen LogP contribution in [0.5, 0.6) is 5.75 Å². The molecule has 1 unspecified atom stereocenters. The molecule has 0 bridgehead atoms. The molecule has 1 atom stereocenters. The predicted molar refractivity (Wildman–Crippen MR) is 116 cm³/mol. The van der Waals surface area contributed by atoms with Gasteiger partial charge in [-0.2, -0.15) is 4.98 Å². The summed E-state index contributed by atoms with van der Waals surface area (Å²) in [7, 11) is 0. The van der Waals surface area contributed by atoms with E-state index < -0.39 is 6.10 Å². The van der Waals surface area contributed by atoms with Gasteiger partial charge in [-0.25, -0.2) is 4.98 Å². The number of carbonyl (C=O) groups excluding carboxylic acids is 1. The topological polar surface area (TPSA) is 88.2 Å². The van der Waals surface area contributed by atoms with Crippen molar-refractivity contribution in [3.63, 3.8) is 0 Å². The lowest BCUT2D eigenvalue weighted by Gasteiger charge is -2.15. The van der Waals surface area contributed by atoms with E-state index in [9.17, 15) is 4.79 Å². The van der Waals surface area contributed by atoms with Crippen LogP contribution in [0, 0.1) is 6.92 Å². The highest BCUT2D eigenvalue weighted by Crippen LogP contribution is 2.20. The summed E-state index contributed by atoms with van der Waals surface area (Å²) in [6.45, 7) is 6.39. The largest absolute Gasteiger partial charge is 0.481 e. The molecule has 7 nitrogen and oxygen atoms in total. The third-order valence-corrected chi connectivity index (χ3v) is 4.04. The molecule has 0 aliphatic heterocycles. The normalized spacial score (nSPS) is 11.4. The van der Waals surface area contributed by atoms with Gasteiger partial charge in [0.15, 0.2) is 6.10 Å². The van der Waals surface area contributed by atoms with Gasteiger partial charge in [-0.05, 0) is 57.2 Å². The highest BCUT2D eigenvalue weighted by atomic mass is 16.5. The third kappa shape index (κ3) is 5.93. The Balaban J connectivity index is 1.59. The van der Waals surface area contributed by atoms with E-state index in [1.807, 2.05) is 74.5 Å². The van der Waals surface area contributed by atoms with Crippen LogP contribution in [0.1, 0.15) is 19.5 Å². The zero-order chi connectivity index (χ0) is 20.6. The molecule has 3 N–H and O–H groups in total. The van der Waals surface area contributed by atoms with Gasteiger partial charge in [0.1, 0.15) is 11.6 Å². The van der Waals surface area contributed by atoms with E-state index in [4.69, 9.17) is 4.74 Å². The number of carbonyl (C=O) groups is 1. The zero-order valence-electron chi connectivity index (χ0n) is 16.8. The first-order chi connectivity index (χ1) is 14.0. The van der Waals surface area contributed by atoms with Crippen molar-refractivity contribution >= 4 is 29.0 Å². The lowest BCUT2D eigenvalue weighted by Crippen LogP contribution is -2.30. The molecule has 150 valence electrons. The van der Waals surface area contributed by atoms with Gasteiger partial charge in [0.2, 0.25) is 5.95 Å². The van der Waals surface area contributed by atoms with Gasteiger partial charge in [-0.3, -0.25) is 4.79 Å². The average molecular weight is 391 g/mol. The first-order valence-corrected chi connectivity index (χ1v) is 9.52. The van der Waals surface area contributed by atoms with E-state index in [2.05, 4.69) is 25.9 Å². The monoisotopic (exact) mass is 391 g/mol. The van der Waals surface area contributed by atoms with Gasteiger partial charge < -0.3 is 20.7 Å². The molecule has 1 aromatic heterocycles. The minimum Gasteiger partial charge on any atom is -0.481 e. The van der Waals surface area contributed by atoms with Crippen molar-refractivity contribution in [3.05, 3.63) is 66.4 Å². The quantitative estimate of drug-likeness (QED) is 0.529. The van der Waals surface area contributed by atoms with Gasteiger partial charge in [-0.15, -0.1) is 0 Å². The maximum Gasteiger partial charge on any atom is 0.265 e. The number of nitrogens with zero attached hydrogens (tertiary/aromatic N) is 2. The number of aryl methyl sites for hydroxylation is 1. The molecule has 0 fully saturated rings. The molecule has 1 amide bonds. The molecular weight excluding hydrogens is 366 g/mol. The number of hydrogen-bond donors (Lipinski definition) is 3. The van der Waals surface area contributed by atoms with Crippen LogP contribution in [-0.4, -0.2) is 28.5 Å². The van der Waals surface area contributed by atoms with Gasteiger partial charge in [-0.1, -0.05) is 18.2 Å². The van der Waals surface area contributed by atoms with Crippen LogP contribution in [0.4, 0.5) is 23.1 Å². The first-order valence-electron chi connectivity index (χ1n) is 9.52. The number of ether oxygens (including phenoxy) is 1. The number of anilines is 4. The summed E-state index contributed by atoms with van der Waals surface area (Å²) in [6.07, 6.45) is -0.608. The second-order valence-corrected chi connectivity index (χ2v) is 6.51. The second kappa shape index (κ2) is 9.54. The van der Waals surface area contributed by atoms with E-state index in [-0.39, 0.29) is 5.91 Å². The standard InChI is InChI=1S/C22H25N5O2/c1-4-23-22-24-15(2)14-20(27-22)25-17-10-12-18(13-11-17)26-21(28)16(3)29-19-8-6-5-7-9-19/h5-14,16H,4H2,1-3H3,(H,26,28)(H2,23,24,25,27). The molecule has 0 saturated heterocycles. The lowest BCUT2D eigenvalue weighted by molar-refractivity contribution is -0.122. The van der Waals surface area contributed by atoms with Gasteiger partial charge >= 0.3 is 0 Å². The Morgan fingerprint density at radius 2 is 1.72 bits per heavy atom. The lowest BCUT2D eigenvalue weighted by atomic mass is 10.2. The molecular formula is C22H25N5O2. The maximum atomic E-state index is 12.4. The van der Waals surface area contributed by atoms with Gasteiger partial charge in [0.05, 0.1) is 0 Å². The van der Waals surface area contributed by atoms with Crippen molar-refractivity contribution in [2.75, 3.05) is 22.5 Å². The Hall–Kier alpha value is -3.61. The molecule has 0 spiro atoms. The van der Waals surface area contributed by atoms with Crippen LogP contribution in [0.3, 0.4) is 0 Å². The third-order valence-electron chi connectivity index (χ3n) is 4.04. The molecule has 7 heteroatoms. The van der Waals surface area contributed by atoms with E-state index in [1.165, 1.54) is 0 Å². The fourth-order valence-electron chi connectivity index (χ4n) is 2.66.